The predicted molar refractivity (Wildman–Crippen MR) is 73.4 cm³/mol. The maximum atomic E-state index is 11.6. The first-order valence-corrected chi connectivity index (χ1v) is 6.06. The number of para-hydroxylation sites is 1. The Morgan fingerprint density at radius 1 is 1.47 bits per heavy atom. The highest BCUT2D eigenvalue weighted by molar-refractivity contribution is 5.82. The highest BCUT2D eigenvalue weighted by Crippen LogP contribution is 2.12. The van der Waals surface area contributed by atoms with Crippen molar-refractivity contribution in [1.82, 2.24) is 10.3 Å². The van der Waals surface area contributed by atoms with Crippen LogP contribution in [0.25, 0.3) is 10.9 Å². The molecule has 19 heavy (non-hydrogen) atoms. The van der Waals surface area contributed by atoms with Gasteiger partial charge in [0.15, 0.2) is 0 Å². The predicted octanol–water partition coefficient (Wildman–Crippen LogP) is 0.825. The zero-order chi connectivity index (χ0) is 13.7. The van der Waals surface area contributed by atoms with Crippen LogP contribution in [0.4, 0.5) is 0 Å². The van der Waals surface area contributed by atoms with E-state index >= 15 is 0 Å². The van der Waals surface area contributed by atoms with Crippen molar-refractivity contribution in [3.8, 4) is 0 Å². The van der Waals surface area contributed by atoms with Gasteiger partial charge in [-0.25, -0.2) is 0 Å². The average molecular weight is 259 g/mol. The van der Waals surface area contributed by atoms with Gasteiger partial charge in [0, 0.05) is 25.2 Å². The van der Waals surface area contributed by atoms with E-state index < -0.39 is 6.04 Å². The van der Waals surface area contributed by atoms with Crippen molar-refractivity contribution in [3.63, 3.8) is 0 Å². The first kappa shape index (κ1) is 13.5. The lowest BCUT2D eigenvalue weighted by molar-refractivity contribution is -0.123. The van der Waals surface area contributed by atoms with Crippen molar-refractivity contribution < 1.29 is 9.53 Å². The van der Waals surface area contributed by atoms with Gasteiger partial charge < -0.3 is 15.8 Å². The van der Waals surface area contributed by atoms with Crippen LogP contribution < -0.4 is 11.1 Å². The number of aromatic nitrogens is 1. The fourth-order valence-electron chi connectivity index (χ4n) is 1.79. The van der Waals surface area contributed by atoms with E-state index in [1.54, 1.807) is 6.20 Å². The number of methoxy groups -OCH3 is 1. The molecule has 0 aliphatic rings. The van der Waals surface area contributed by atoms with E-state index in [4.69, 9.17) is 10.5 Å². The van der Waals surface area contributed by atoms with Crippen molar-refractivity contribution in [2.75, 3.05) is 13.7 Å². The van der Waals surface area contributed by atoms with Crippen LogP contribution in [0.15, 0.2) is 36.5 Å². The number of nitrogens with two attached hydrogens (primary N) is 1. The number of nitrogens with zero attached hydrogens (tertiary/aromatic N) is 1. The number of benzene rings is 1. The number of fused-ring (bicyclic) bond motifs is 1. The molecule has 1 aromatic carbocycles. The number of rotatable bonds is 5. The zero-order valence-electron chi connectivity index (χ0n) is 10.8. The standard InChI is InChI=1S/C14H17N3O2/c1-19-9-12(15)14(18)17-8-10-6-11-4-2-3-5-13(11)16-7-10/h2-7,12H,8-9,15H2,1H3,(H,17,18). The highest BCUT2D eigenvalue weighted by atomic mass is 16.5. The van der Waals surface area contributed by atoms with Crippen LogP contribution in [0.5, 0.6) is 0 Å². The van der Waals surface area contributed by atoms with Gasteiger partial charge in [-0.2, -0.15) is 0 Å². The van der Waals surface area contributed by atoms with Gasteiger partial charge in [-0.1, -0.05) is 18.2 Å². The summed E-state index contributed by atoms with van der Waals surface area (Å²) in [5.41, 5.74) is 7.51. The molecule has 0 saturated carbocycles. The van der Waals surface area contributed by atoms with Crippen LogP contribution in [-0.4, -0.2) is 30.6 Å². The normalized spacial score (nSPS) is 12.3. The van der Waals surface area contributed by atoms with Gasteiger partial charge in [0.05, 0.1) is 12.1 Å². The van der Waals surface area contributed by atoms with Crippen molar-refractivity contribution in [2.45, 2.75) is 12.6 Å². The Bertz CT molecular complexity index is 571. The van der Waals surface area contributed by atoms with Crippen molar-refractivity contribution in [1.29, 1.82) is 0 Å². The molecule has 0 saturated heterocycles. The Hall–Kier alpha value is -1.98. The molecule has 0 spiro atoms. The third kappa shape index (κ3) is 3.49. The maximum Gasteiger partial charge on any atom is 0.239 e. The molecule has 1 aromatic heterocycles. The van der Waals surface area contributed by atoms with Crippen LogP contribution >= 0.6 is 0 Å². The van der Waals surface area contributed by atoms with Crippen LogP contribution in [0.1, 0.15) is 5.56 Å². The number of amides is 1. The van der Waals surface area contributed by atoms with Crippen molar-refractivity contribution >= 4 is 16.8 Å². The van der Waals surface area contributed by atoms with Gasteiger partial charge in [0.1, 0.15) is 6.04 Å². The third-order valence-electron chi connectivity index (χ3n) is 2.80. The van der Waals surface area contributed by atoms with Crippen LogP contribution in [0.2, 0.25) is 0 Å². The van der Waals surface area contributed by atoms with Gasteiger partial charge in [0.25, 0.3) is 0 Å². The van der Waals surface area contributed by atoms with Gasteiger partial charge in [-0.05, 0) is 17.7 Å². The highest BCUT2D eigenvalue weighted by Gasteiger charge is 2.12. The lowest BCUT2D eigenvalue weighted by Gasteiger charge is -2.11. The molecule has 3 N–H and O–H groups in total. The number of carbonyl (C=O) groups excluding carboxylic acids is 1. The second-order valence-electron chi connectivity index (χ2n) is 4.32. The summed E-state index contributed by atoms with van der Waals surface area (Å²) in [6.45, 7) is 0.621. The third-order valence-corrected chi connectivity index (χ3v) is 2.80. The van der Waals surface area contributed by atoms with Crippen LogP contribution in [0, 0.1) is 0 Å². The molecular weight excluding hydrogens is 242 g/mol. The molecule has 1 amide bonds. The minimum absolute atomic E-state index is 0.210. The van der Waals surface area contributed by atoms with E-state index in [1.165, 1.54) is 7.11 Å². The molecule has 5 heteroatoms. The molecule has 0 radical (unpaired) electrons. The minimum Gasteiger partial charge on any atom is -0.383 e. The molecule has 1 unspecified atom stereocenters. The Morgan fingerprint density at radius 2 is 2.26 bits per heavy atom. The van der Waals surface area contributed by atoms with Gasteiger partial charge >= 0.3 is 0 Å². The topological polar surface area (TPSA) is 77.2 Å². The van der Waals surface area contributed by atoms with E-state index in [0.29, 0.717) is 6.54 Å². The number of pyridine rings is 1. The molecule has 1 atom stereocenters. The molecule has 100 valence electrons. The Balaban J connectivity index is 2.00. The van der Waals surface area contributed by atoms with Crippen molar-refractivity contribution in [3.05, 3.63) is 42.1 Å². The van der Waals surface area contributed by atoms with Gasteiger partial charge in [-0.15, -0.1) is 0 Å². The monoisotopic (exact) mass is 259 g/mol. The quantitative estimate of drug-likeness (QED) is 0.833. The molecule has 0 bridgehead atoms. The Morgan fingerprint density at radius 3 is 3.05 bits per heavy atom. The van der Waals surface area contributed by atoms with Crippen LogP contribution in [0.3, 0.4) is 0 Å². The summed E-state index contributed by atoms with van der Waals surface area (Å²) in [6.07, 6.45) is 1.75. The van der Waals surface area contributed by atoms with Crippen molar-refractivity contribution in [2.24, 2.45) is 5.73 Å². The summed E-state index contributed by atoms with van der Waals surface area (Å²) >= 11 is 0. The zero-order valence-corrected chi connectivity index (χ0v) is 10.8. The minimum atomic E-state index is -0.640. The molecule has 0 aliphatic carbocycles. The molecular formula is C14H17N3O2. The molecule has 2 rings (SSSR count). The molecule has 0 aliphatic heterocycles. The first-order valence-electron chi connectivity index (χ1n) is 6.06. The van der Waals surface area contributed by atoms with E-state index in [9.17, 15) is 4.79 Å². The Kier molecular flexibility index (Phi) is 4.43. The van der Waals surface area contributed by atoms with Gasteiger partial charge in [0.2, 0.25) is 5.91 Å². The number of carbonyl (C=O) groups is 1. The van der Waals surface area contributed by atoms with E-state index in [-0.39, 0.29) is 12.5 Å². The number of hydrogen-bond acceptors (Lipinski definition) is 4. The fourth-order valence-corrected chi connectivity index (χ4v) is 1.79. The number of nitrogens with one attached hydrogen (secondary N) is 1. The van der Waals surface area contributed by atoms with Crippen LogP contribution in [-0.2, 0) is 16.1 Å². The summed E-state index contributed by atoms with van der Waals surface area (Å²) in [5, 5.41) is 3.82. The SMILES string of the molecule is COCC(N)C(=O)NCc1cnc2ccccc2c1. The lowest BCUT2D eigenvalue weighted by Crippen LogP contribution is -2.43. The fraction of sp³-hybridized carbons (Fsp3) is 0.286. The second-order valence-corrected chi connectivity index (χ2v) is 4.32. The average Bonchev–Trinajstić information content (AvgIpc) is 2.44. The van der Waals surface area contributed by atoms with E-state index in [1.807, 2.05) is 30.3 Å². The van der Waals surface area contributed by atoms with Gasteiger partial charge in [-0.3, -0.25) is 9.78 Å². The van der Waals surface area contributed by atoms with E-state index in [2.05, 4.69) is 10.3 Å². The van der Waals surface area contributed by atoms with E-state index in [0.717, 1.165) is 16.5 Å². The molecule has 1 heterocycles. The summed E-state index contributed by atoms with van der Waals surface area (Å²) in [7, 11) is 1.51. The lowest BCUT2D eigenvalue weighted by atomic mass is 10.1. The summed E-state index contributed by atoms with van der Waals surface area (Å²) in [5.74, 6) is -0.227. The first-order chi connectivity index (χ1) is 9.20. The maximum absolute atomic E-state index is 11.6. The Labute approximate surface area is 111 Å². The number of ether oxygens (including phenoxy) is 1. The molecule has 2 aromatic rings. The number of hydrogen-bond donors (Lipinski definition) is 2. The smallest absolute Gasteiger partial charge is 0.239 e. The summed E-state index contributed by atoms with van der Waals surface area (Å²) < 4.78 is 4.84. The second kappa shape index (κ2) is 6.26. The summed E-state index contributed by atoms with van der Waals surface area (Å²) in [4.78, 5) is 16.0. The molecule has 5 nitrogen and oxygen atoms in total. The molecule has 0 fully saturated rings. The largest absolute Gasteiger partial charge is 0.383 e. The summed E-state index contributed by atoms with van der Waals surface area (Å²) in [6, 6.07) is 9.21.